The second-order valence-corrected chi connectivity index (χ2v) is 10.0. The van der Waals surface area contributed by atoms with Crippen LogP contribution in [0.15, 0.2) is 133 Å². The summed E-state index contributed by atoms with van der Waals surface area (Å²) in [7, 11) is 0. The Morgan fingerprint density at radius 3 is 1.26 bits per heavy atom. The van der Waals surface area contributed by atoms with E-state index < -0.39 is 262 Å². The summed E-state index contributed by atoms with van der Waals surface area (Å²) in [4.78, 5) is 0. The highest BCUT2D eigenvalue weighted by molar-refractivity contribution is 6.10. The summed E-state index contributed by atoms with van der Waals surface area (Å²) in [5, 5.41) is -3.69. The van der Waals surface area contributed by atoms with Crippen molar-refractivity contribution in [1.29, 1.82) is 0 Å². The fourth-order valence-corrected chi connectivity index (χ4v) is 4.99. The van der Waals surface area contributed by atoms with Gasteiger partial charge in [0.2, 0.25) is 0 Å². The average Bonchev–Trinajstić information content (AvgIpc) is 1.58. The summed E-state index contributed by atoms with van der Waals surface area (Å²) < 4.78 is 354. The van der Waals surface area contributed by atoms with E-state index in [1.807, 2.05) is 0 Å². The van der Waals surface area contributed by atoms with Crippen molar-refractivity contribution >= 4 is 43.6 Å². The maximum absolute atomic E-state index is 9.88. The van der Waals surface area contributed by atoms with Crippen LogP contribution in [0.5, 0.6) is 0 Å². The van der Waals surface area contributed by atoms with Gasteiger partial charge in [-0.3, -0.25) is 0 Å². The van der Waals surface area contributed by atoms with E-state index in [1.54, 1.807) is 0 Å². The minimum absolute atomic E-state index is 0.313. The first-order chi connectivity index (χ1) is 38.8. The van der Waals surface area contributed by atoms with Gasteiger partial charge in [-0.15, -0.1) is 0 Å². The molecule has 0 fully saturated rings. The van der Waals surface area contributed by atoms with Crippen LogP contribution in [0.1, 0.15) is 107 Å². The first-order valence-electron chi connectivity index (χ1n) is 33.1. The molecule has 2 heterocycles. The third-order valence-corrected chi connectivity index (χ3v) is 6.99. The molecule has 6 aromatic carbocycles. The molecule has 0 bridgehead atoms. The predicted molar refractivity (Wildman–Crippen MR) is 198 cm³/mol. The summed E-state index contributed by atoms with van der Waals surface area (Å²) in [6, 6.07) is -29.4. The van der Waals surface area contributed by atoms with Gasteiger partial charge in [-0.25, -0.2) is 0 Å². The predicted octanol–water partition coefficient (Wildman–Crippen LogP) is 12.1. The lowest BCUT2D eigenvalue weighted by molar-refractivity contribution is 0.590. The van der Waals surface area contributed by atoms with Crippen LogP contribution in [0.3, 0.4) is 0 Å². The van der Waals surface area contributed by atoms with Crippen molar-refractivity contribution in [1.82, 2.24) is 9.13 Å². The Balaban J connectivity index is 1.70. The molecule has 226 valence electrons. The van der Waals surface area contributed by atoms with Crippen molar-refractivity contribution in [2.75, 3.05) is 0 Å². The SMILES string of the molecule is [2H]c1c([2H])c(-c2c([2H])c([2H])c([2H])c(-n3c4c([2H])c([2H])c([2H])c([2H])c4c4c([2H])c([2H])c(C(C([2H])([2H])[2H])(C([2H])([2H])[2H])C([2H])([2H])[2H])c([2H])c43)c2[2H])c([2H])c(-n2c3c([2H])c([2H])c([2H])c([2H])c3c3c([2H])c([2H])c(C(C([2H])([2H])[2H])(C([2H])([2H])[2H])C([2H])([2H])[2H])c([2H])c32)c1[2H]. The Bertz CT molecular complexity index is 3980. The zero-order valence-corrected chi connectivity index (χ0v) is 22.9. The van der Waals surface area contributed by atoms with Gasteiger partial charge in [0, 0.05) is 57.6 Å². The zero-order valence-electron chi connectivity index (χ0n) is 62.9. The molecule has 0 atom stereocenters. The monoisotopic (exact) mass is 637 g/mol. The van der Waals surface area contributed by atoms with Crippen LogP contribution >= 0.6 is 0 Å². The topological polar surface area (TPSA) is 9.86 Å². The Morgan fingerprint density at radius 2 is 0.826 bits per heavy atom. The fourth-order valence-electron chi connectivity index (χ4n) is 4.99. The molecule has 0 aliphatic rings. The third kappa shape index (κ3) is 4.55. The van der Waals surface area contributed by atoms with Crippen molar-refractivity contribution in [2.24, 2.45) is 0 Å². The van der Waals surface area contributed by atoms with Crippen molar-refractivity contribution in [3.05, 3.63) is 144 Å². The van der Waals surface area contributed by atoms with Gasteiger partial charge in [0.25, 0.3) is 0 Å². The Kier molecular flexibility index (Phi) is 1.87. The van der Waals surface area contributed by atoms with Crippen molar-refractivity contribution < 1.29 is 54.8 Å². The second-order valence-electron chi connectivity index (χ2n) is 10.0. The summed E-state index contributed by atoms with van der Waals surface area (Å²) >= 11 is 0. The lowest BCUT2D eigenvalue weighted by atomic mass is 9.86. The van der Waals surface area contributed by atoms with E-state index in [-0.39, 0.29) is 0 Å². The lowest BCUT2D eigenvalue weighted by Gasteiger charge is -2.20. The molecule has 0 aliphatic carbocycles. The minimum Gasteiger partial charge on any atom is -0.309 e. The largest absolute Gasteiger partial charge is 0.309 e. The molecule has 0 radical (unpaired) electrons. The van der Waals surface area contributed by atoms with E-state index in [0.29, 0.717) is 9.13 Å². The molecule has 0 saturated carbocycles. The molecule has 0 aliphatic heterocycles. The maximum atomic E-state index is 9.88. The van der Waals surface area contributed by atoms with Gasteiger partial charge in [-0.2, -0.15) is 0 Å². The maximum Gasteiger partial charge on any atom is 0.0651 e. The summed E-state index contributed by atoms with van der Waals surface area (Å²) in [6.07, 6.45) is 0. The normalized spacial score (nSPS) is 26.7. The van der Waals surface area contributed by atoms with Gasteiger partial charge in [0.1, 0.15) is 0 Å². The van der Waals surface area contributed by atoms with Crippen LogP contribution in [0.2, 0.25) is 0 Å². The summed E-state index contributed by atoms with van der Waals surface area (Å²) in [6.45, 7) is -25.6. The Morgan fingerprint density at radius 1 is 0.413 bits per heavy atom. The van der Waals surface area contributed by atoms with Gasteiger partial charge in [-0.05, 0) is 81.4 Å². The smallest absolute Gasteiger partial charge is 0.0651 e. The standard InChI is InChI=1S/C44H40N2/c1-43(2,3)31-21-23-37-35-17-7-9-19-39(35)45(41(37)27-31)33-15-11-13-29(25-33)30-14-12-16-34(26-30)46-40-20-10-8-18-36(40)38-24-22-32(28-42(38)46)44(4,5)6/h7-28H,1-6H3/i1D3,2D3,3D3,4D3,5D3,6D3,7D,8D,9D,10D,11D,12D,13D,14D,15D,16D,17D,18D,19D,20D,21D,22D,23D,24D,25D,26D,27D,28D. The van der Waals surface area contributed by atoms with Crippen LogP contribution in [0.25, 0.3) is 66.1 Å². The highest BCUT2D eigenvalue weighted by Gasteiger charge is 2.20. The Labute approximate surface area is 327 Å². The van der Waals surface area contributed by atoms with Crippen LogP contribution in [-0.4, -0.2) is 9.13 Å². The summed E-state index contributed by atoms with van der Waals surface area (Å²) in [5.74, 6) is 0. The number of fused-ring (bicyclic) bond motifs is 6. The summed E-state index contributed by atoms with van der Waals surface area (Å²) in [5.41, 5.74) is -21.6. The molecule has 0 N–H and O–H groups in total. The van der Waals surface area contributed by atoms with E-state index in [2.05, 4.69) is 0 Å². The molecule has 0 amide bonds. The van der Waals surface area contributed by atoms with Crippen LogP contribution in [0.4, 0.5) is 0 Å². The van der Waals surface area contributed by atoms with Crippen molar-refractivity contribution in [3.63, 3.8) is 0 Å². The molecule has 0 saturated heterocycles. The quantitative estimate of drug-likeness (QED) is 0.183. The molecule has 0 unspecified atom stereocenters. The lowest BCUT2D eigenvalue weighted by Crippen LogP contribution is -2.10. The fraction of sp³-hybridized carbons (Fsp3) is 0.182. The van der Waals surface area contributed by atoms with Crippen molar-refractivity contribution in [3.8, 4) is 22.5 Å². The number of nitrogens with zero attached hydrogens (tertiary/aromatic N) is 2. The van der Waals surface area contributed by atoms with E-state index in [1.165, 1.54) is 0 Å². The first-order valence-corrected chi connectivity index (χ1v) is 13.1. The second kappa shape index (κ2) is 10.2. The number of aromatic nitrogens is 2. The molecule has 8 aromatic rings. The molecule has 2 heteroatoms. The van der Waals surface area contributed by atoms with E-state index in [4.69, 9.17) is 41.1 Å². The average molecular weight is 637 g/mol. The van der Waals surface area contributed by atoms with Gasteiger partial charge >= 0.3 is 0 Å². The van der Waals surface area contributed by atoms with Crippen LogP contribution < -0.4 is 0 Å². The third-order valence-electron chi connectivity index (χ3n) is 6.99. The van der Waals surface area contributed by atoms with Crippen LogP contribution in [-0.2, 0) is 10.8 Å². The van der Waals surface area contributed by atoms with E-state index in [9.17, 15) is 13.7 Å². The van der Waals surface area contributed by atoms with E-state index in [0.717, 1.165) is 0 Å². The van der Waals surface area contributed by atoms with Crippen LogP contribution in [0, 0.1) is 0 Å². The highest BCUT2D eigenvalue weighted by atomic mass is 15.0. The Hall–Kier alpha value is -5.08. The number of benzene rings is 6. The van der Waals surface area contributed by atoms with E-state index >= 15 is 0 Å². The highest BCUT2D eigenvalue weighted by Crippen LogP contribution is 2.38. The molecule has 2 nitrogen and oxygen atoms in total. The molecule has 0 spiro atoms. The zero-order chi connectivity index (χ0) is 65.9. The van der Waals surface area contributed by atoms with Crippen molar-refractivity contribution in [2.45, 2.75) is 51.9 Å². The van der Waals surface area contributed by atoms with Gasteiger partial charge in [-0.1, -0.05) is 126 Å². The van der Waals surface area contributed by atoms with Gasteiger partial charge in [0.05, 0.1) is 52.2 Å². The molecule has 8 rings (SSSR count). The van der Waals surface area contributed by atoms with Gasteiger partial charge < -0.3 is 9.13 Å². The number of hydrogen-bond donors (Lipinski definition) is 0. The number of rotatable bonds is 3. The number of para-hydroxylation sites is 2. The molecular weight excluding hydrogens is 556 g/mol. The molecular formula is C44H40N2. The minimum atomic E-state index is -4.30. The first kappa shape index (κ1) is 8.44. The van der Waals surface area contributed by atoms with Gasteiger partial charge in [0.15, 0.2) is 0 Å². The number of hydrogen-bond acceptors (Lipinski definition) is 0. The molecule has 46 heavy (non-hydrogen) atoms. The molecule has 2 aromatic heterocycles.